The predicted octanol–water partition coefficient (Wildman–Crippen LogP) is 1.43. The van der Waals surface area contributed by atoms with Crippen molar-refractivity contribution in [3.63, 3.8) is 0 Å². The molecule has 0 aromatic heterocycles. The quantitative estimate of drug-likeness (QED) is 0.611. The summed E-state index contributed by atoms with van der Waals surface area (Å²) in [7, 11) is 0.437. The summed E-state index contributed by atoms with van der Waals surface area (Å²) in [6, 6.07) is 1.12. The van der Waals surface area contributed by atoms with Crippen LogP contribution in [-0.4, -0.2) is 15.4 Å². The Kier molecular flexibility index (Phi) is 4.16. The molecule has 0 aromatic carbocycles. The first-order valence-corrected chi connectivity index (χ1v) is 6.44. The SMILES string of the molecule is CCC(C)[Si](N)(CC)NC. The molecule has 2 nitrogen and oxygen atoms in total. The molecule has 0 saturated heterocycles. The second kappa shape index (κ2) is 4.11. The maximum Gasteiger partial charge on any atom is 0.201 e. The van der Waals surface area contributed by atoms with Crippen molar-refractivity contribution < 1.29 is 0 Å². The number of hydrogen-bond acceptors (Lipinski definition) is 2. The van der Waals surface area contributed by atoms with Crippen LogP contribution in [0.5, 0.6) is 0 Å². The van der Waals surface area contributed by atoms with Crippen molar-refractivity contribution in [1.29, 1.82) is 0 Å². The maximum atomic E-state index is 6.18. The Hall–Kier alpha value is 0.137. The number of nitrogens with one attached hydrogen (secondary N) is 1. The van der Waals surface area contributed by atoms with E-state index >= 15 is 0 Å². The van der Waals surface area contributed by atoms with Crippen molar-refractivity contribution in [2.45, 2.75) is 38.8 Å². The van der Waals surface area contributed by atoms with Crippen molar-refractivity contribution in [3.05, 3.63) is 0 Å². The number of hydrogen-bond donors (Lipinski definition) is 2. The molecular formula is C7H20N2Si. The lowest BCUT2D eigenvalue weighted by atomic mass is 10.4. The molecule has 0 aliphatic rings. The summed E-state index contributed by atoms with van der Waals surface area (Å²) < 4.78 is 0. The summed E-state index contributed by atoms with van der Waals surface area (Å²) in [4.78, 5) is 3.30. The van der Waals surface area contributed by atoms with Gasteiger partial charge in [0, 0.05) is 0 Å². The fraction of sp³-hybridized carbons (Fsp3) is 1.00. The van der Waals surface area contributed by atoms with Crippen LogP contribution < -0.4 is 10.4 Å². The highest BCUT2D eigenvalue weighted by Gasteiger charge is 2.30. The predicted molar refractivity (Wildman–Crippen MR) is 49.2 cm³/mol. The number of nitrogens with two attached hydrogens (primary N) is 1. The monoisotopic (exact) mass is 160 g/mol. The highest BCUT2D eigenvalue weighted by Crippen LogP contribution is 2.19. The van der Waals surface area contributed by atoms with E-state index in [1.54, 1.807) is 0 Å². The zero-order valence-corrected chi connectivity index (χ0v) is 8.57. The summed E-state index contributed by atoms with van der Waals surface area (Å²) in [5.74, 6) is 0. The smallest absolute Gasteiger partial charge is 0.201 e. The van der Waals surface area contributed by atoms with Crippen molar-refractivity contribution in [2.75, 3.05) is 7.05 Å². The molecule has 2 atom stereocenters. The van der Waals surface area contributed by atoms with Crippen LogP contribution in [-0.2, 0) is 0 Å². The van der Waals surface area contributed by atoms with Crippen molar-refractivity contribution in [2.24, 2.45) is 5.40 Å². The Morgan fingerprint density at radius 3 is 2.10 bits per heavy atom. The van der Waals surface area contributed by atoms with E-state index in [-0.39, 0.29) is 0 Å². The van der Waals surface area contributed by atoms with Gasteiger partial charge in [-0.2, -0.15) is 0 Å². The molecule has 0 amide bonds. The molecule has 62 valence electrons. The molecule has 0 radical (unpaired) electrons. The van der Waals surface area contributed by atoms with E-state index in [9.17, 15) is 0 Å². The topological polar surface area (TPSA) is 38.0 Å². The van der Waals surface area contributed by atoms with Gasteiger partial charge in [0.25, 0.3) is 0 Å². The van der Waals surface area contributed by atoms with Crippen LogP contribution in [0.3, 0.4) is 0 Å². The molecular weight excluding hydrogens is 140 g/mol. The Bertz CT molecular complexity index is 91.6. The normalized spacial score (nSPS) is 20.1. The molecule has 0 aliphatic heterocycles. The van der Waals surface area contributed by atoms with Gasteiger partial charge < -0.3 is 10.4 Å². The third-order valence-corrected chi connectivity index (χ3v) is 6.81. The van der Waals surface area contributed by atoms with Crippen LogP contribution in [0.4, 0.5) is 0 Å². The van der Waals surface area contributed by atoms with E-state index in [4.69, 9.17) is 5.40 Å². The first-order chi connectivity index (χ1) is 4.60. The first-order valence-electron chi connectivity index (χ1n) is 4.08. The fourth-order valence-corrected chi connectivity index (χ4v) is 3.41. The van der Waals surface area contributed by atoms with E-state index in [1.807, 2.05) is 7.05 Å². The average Bonchev–Trinajstić information content (AvgIpc) is 2.01. The standard InChI is InChI=1S/C7H20N2Si/c1-5-7(3)10(8,6-2)9-4/h7,9H,5-6,8H2,1-4H3. The molecule has 0 fully saturated rings. The van der Waals surface area contributed by atoms with Crippen LogP contribution in [0.1, 0.15) is 27.2 Å². The molecule has 0 rings (SSSR count). The third kappa shape index (κ3) is 2.07. The highest BCUT2D eigenvalue weighted by molar-refractivity contribution is 6.75. The van der Waals surface area contributed by atoms with Crippen molar-refractivity contribution in [3.8, 4) is 0 Å². The van der Waals surface area contributed by atoms with Crippen molar-refractivity contribution in [1.82, 2.24) is 4.98 Å². The lowest BCUT2D eigenvalue weighted by molar-refractivity contribution is 0.795. The Balaban J connectivity index is 4.02. The van der Waals surface area contributed by atoms with E-state index in [0.717, 1.165) is 6.04 Å². The van der Waals surface area contributed by atoms with Gasteiger partial charge in [0.1, 0.15) is 0 Å². The molecule has 0 heterocycles. The van der Waals surface area contributed by atoms with Crippen LogP contribution in [0.2, 0.25) is 11.6 Å². The molecule has 0 spiro atoms. The second-order valence-electron chi connectivity index (χ2n) is 2.95. The van der Waals surface area contributed by atoms with Gasteiger partial charge in [-0.15, -0.1) is 0 Å². The van der Waals surface area contributed by atoms with E-state index in [2.05, 4.69) is 25.8 Å². The third-order valence-electron chi connectivity index (χ3n) is 2.54. The molecule has 0 aromatic rings. The molecule has 10 heavy (non-hydrogen) atoms. The van der Waals surface area contributed by atoms with Gasteiger partial charge in [0.15, 0.2) is 0 Å². The lowest BCUT2D eigenvalue weighted by Crippen LogP contribution is -2.60. The van der Waals surface area contributed by atoms with Gasteiger partial charge in [-0.25, -0.2) is 0 Å². The highest BCUT2D eigenvalue weighted by atomic mass is 28.3. The molecule has 0 bridgehead atoms. The zero-order valence-electron chi connectivity index (χ0n) is 7.57. The molecule has 0 saturated carbocycles. The summed E-state index contributed by atoms with van der Waals surface area (Å²) >= 11 is 0. The Labute approximate surface area is 65.4 Å². The Morgan fingerprint density at radius 1 is 1.50 bits per heavy atom. The fourth-order valence-electron chi connectivity index (χ4n) is 1.14. The largest absolute Gasteiger partial charge is 0.339 e. The minimum atomic E-state index is -1.55. The first kappa shape index (κ1) is 10.1. The van der Waals surface area contributed by atoms with Crippen molar-refractivity contribution >= 4 is 8.40 Å². The van der Waals surface area contributed by atoms with Gasteiger partial charge in [-0.3, -0.25) is 0 Å². The summed E-state index contributed by atoms with van der Waals surface area (Å²) in [6.07, 6.45) is 1.19. The lowest BCUT2D eigenvalue weighted by Gasteiger charge is -2.30. The average molecular weight is 160 g/mol. The second-order valence-corrected chi connectivity index (χ2v) is 7.23. The van der Waals surface area contributed by atoms with Gasteiger partial charge in [0.05, 0.1) is 0 Å². The summed E-state index contributed by atoms with van der Waals surface area (Å²) in [6.45, 7) is 6.62. The minimum absolute atomic E-state index is 0.683. The molecule has 0 aliphatic carbocycles. The van der Waals surface area contributed by atoms with E-state index < -0.39 is 8.40 Å². The van der Waals surface area contributed by atoms with Gasteiger partial charge in [-0.1, -0.05) is 27.2 Å². The van der Waals surface area contributed by atoms with Crippen LogP contribution in [0, 0.1) is 0 Å². The number of rotatable bonds is 4. The van der Waals surface area contributed by atoms with Crippen LogP contribution in [0.25, 0.3) is 0 Å². The van der Waals surface area contributed by atoms with Crippen LogP contribution in [0.15, 0.2) is 0 Å². The molecule has 2 unspecified atom stereocenters. The molecule has 3 heteroatoms. The molecule has 3 N–H and O–H groups in total. The van der Waals surface area contributed by atoms with Gasteiger partial charge in [0.2, 0.25) is 8.40 Å². The zero-order chi connectivity index (χ0) is 8.20. The maximum absolute atomic E-state index is 6.18. The summed E-state index contributed by atoms with van der Waals surface area (Å²) in [5.41, 5.74) is 0.683. The van der Waals surface area contributed by atoms with E-state index in [0.29, 0.717) is 5.54 Å². The Morgan fingerprint density at radius 2 is 2.00 bits per heavy atom. The summed E-state index contributed by atoms with van der Waals surface area (Å²) in [5, 5.41) is 6.18. The van der Waals surface area contributed by atoms with Gasteiger partial charge in [-0.05, 0) is 18.6 Å². The van der Waals surface area contributed by atoms with Crippen LogP contribution >= 0.6 is 0 Å². The van der Waals surface area contributed by atoms with Gasteiger partial charge >= 0.3 is 0 Å². The van der Waals surface area contributed by atoms with E-state index in [1.165, 1.54) is 6.42 Å². The minimum Gasteiger partial charge on any atom is -0.339 e.